The molecule has 0 radical (unpaired) electrons. The van der Waals surface area contributed by atoms with Crippen LogP contribution in [0.4, 0.5) is 0 Å². The number of amides is 2. The molecule has 0 aromatic heterocycles. The Kier molecular flexibility index (Phi) is 4.08. The molecule has 15 heavy (non-hydrogen) atoms. The lowest BCUT2D eigenvalue weighted by molar-refractivity contribution is -0.136. The molecule has 1 heterocycles. The van der Waals surface area contributed by atoms with Gasteiger partial charge >= 0.3 is 0 Å². The Morgan fingerprint density at radius 3 is 2.87 bits per heavy atom. The highest BCUT2D eigenvalue weighted by Gasteiger charge is 2.35. The monoisotopic (exact) mass is 214 g/mol. The fourth-order valence-electron chi connectivity index (χ4n) is 2.03. The van der Waals surface area contributed by atoms with E-state index in [-0.39, 0.29) is 11.8 Å². The molecule has 0 saturated carbocycles. The topological polar surface area (TPSA) is 72.6 Å². The van der Waals surface area contributed by atoms with Crippen LogP contribution in [0.3, 0.4) is 0 Å². The smallest absolute Gasteiger partial charge is 0.240 e. The number of carbonyl (C=O) groups is 2. The van der Waals surface area contributed by atoms with Crippen LogP contribution < -0.4 is 5.73 Å². The molecule has 5 nitrogen and oxygen atoms in total. The van der Waals surface area contributed by atoms with Crippen molar-refractivity contribution in [3.8, 4) is 0 Å². The highest BCUT2D eigenvalue weighted by molar-refractivity contribution is 5.87. The van der Waals surface area contributed by atoms with Crippen LogP contribution >= 0.6 is 0 Å². The van der Waals surface area contributed by atoms with Crippen molar-refractivity contribution in [2.24, 2.45) is 11.7 Å². The minimum Gasteiger partial charge on any atom is -0.384 e. The van der Waals surface area contributed by atoms with E-state index in [0.29, 0.717) is 26.0 Å². The zero-order valence-electron chi connectivity index (χ0n) is 9.23. The van der Waals surface area contributed by atoms with Crippen LogP contribution in [0.1, 0.15) is 19.8 Å². The number of hydrogen-bond acceptors (Lipinski definition) is 3. The molecule has 1 aliphatic rings. The number of methoxy groups -OCH3 is 1. The van der Waals surface area contributed by atoms with E-state index >= 15 is 0 Å². The summed E-state index contributed by atoms with van der Waals surface area (Å²) in [5.41, 5.74) is 5.24. The standard InChI is InChI=1S/C10H18N2O3/c1-3-8(10(11)14)12-5-7(6-15-2)4-9(12)13/h7-8H,3-6H2,1-2H3,(H2,11,14)/t7?,8-/m1/s1. The minimum absolute atomic E-state index is 0.00250. The molecule has 2 amide bonds. The average molecular weight is 214 g/mol. The molecule has 1 saturated heterocycles. The summed E-state index contributed by atoms with van der Waals surface area (Å²) in [6.07, 6.45) is 1.03. The Bertz CT molecular complexity index is 255. The van der Waals surface area contributed by atoms with Gasteiger partial charge in [-0.05, 0) is 6.42 Å². The first-order valence-electron chi connectivity index (χ1n) is 5.17. The molecule has 86 valence electrons. The third kappa shape index (κ3) is 2.68. The van der Waals surface area contributed by atoms with E-state index in [2.05, 4.69) is 0 Å². The van der Waals surface area contributed by atoms with Gasteiger partial charge in [0.2, 0.25) is 11.8 Å². The summed E-state index contributed by atoms with van der Waals surface area (Å²) in [7, 11) is 1.61. The summed E-state index contributed by atoms with van der Waals surface area (Å²) < 4.78 is 5.00. The molecule has 0 bridgehead atoms. The predicted octanol–water partition coefficient (Wildman–Crippen LogP) is -0.255. The molecule has 1 unspecified atom stereocenters. The summed E-state index contributed by atoms with van der Waals surface area (Å²) >= 11 is 0. The van der Waals surface area contributed by atoms with E-state index in [9.17, 15) is 9.59 Å². The van der Waals surface area contributed by atoms with Crippen LogP contribution in [0, 0.1) is 5.92 Å². The SMILES string of the molecule is CC[C@H](C(N)=O)N1CC(COC)CC1=O. The number of hydrogen-bond donors (Lipinski definition) is 1. The lowest BCUT2D eigenvalue weighted by atomic mass is 10.1. The number of carbonyl (C=O) groups excluding carboxylic acids is 2. The normalized spacial score (nSPS) is 23.2. The number of primary amides is 1. The van der Waals surface area contributed by atoms with Crippen molar-refractivity contribution in [3.05, 3.63) is 0 Å². The zero-order valence-corrected chi connectivity index (χ0v) is 9.23. The van der Waals surface area contributed by atoms with E-state index in [1.807, 2.05) is 6.92 Å². The molecule has 0 aromatic rings. The molecule has 0 aliphatic carbocycles. The molecule has 5 heteroatoms. The summed E-state index contributed by atoms with van der Waals surface area (Å²) in [5.74, 6) is -0.234. The van der Waals surface area contributed by atoms with Crippen molar-refractivity contribution in [1.29, 1.82) is 0 Å². The minimum atomic E-state index is -0.459. The number of nitrogens with two attached hydrogens (primary N) is 1. The van der Waals surface area contributed by atoms with E-state index in [0.717, 1.165) is 0 Å². The molecule has 0 spiro atoms. The maximum absolute atomic E-state index is 11.6. The van der Waals surface area contributed by atoms with Crippen molar-refractivity contribution >= 4 is 11.8 Å². The van der Waals surface area contributed by atoms with Crippen LogP contribution in [0.5, 0.6) is 0 Å². The van der Waals surface area contributed by atoms with E-state index in [4.69, 9.17) is 10.5 Å². The summed E-state index contributed by atoms with van der Waals surface area (Å²) in [5, 5.41) is 0. The van der Waals surface area contributed by atoms with Gasteiger partial charge in [0.15, 0.2) is 0 Å². The molecule has 2 N–H and O–H groups in total. The first-order chi connectivity index (χ1) is 7.10. The highest BCUT2D eigenvalue weighted by atomic mass is 16.5. The third-order valence-electron chi connectivity index (χ3n) is 2.73. The van der Waals surface area contributed by atoms with Crippen molar-refractivity contribution in [2.45, 2.75) is 25.8 Å². The third-order valence-corrected chi connectivity index (χ3v) is 2.73. The predicted molar refractivity (Wildman–Crippen MR) is 55.0 cm³/mol. The lowest BCUT2D eigenvalue weighted by Crippen LogP contribution is -2.45. The molecular formula is C10H18N2O3. The van der Waals surface area contributed by atoms with Crippen LogP contribution in [0.2, 0.25) is 0 Å². The first-order valence-corrected chi connectivity index (χ1v) is 5.17. The van der Waals surface area contributed by atoms with E-state index in [1.54, 1.807) is 12.0 Å². The summed E-state index contributed by atoms with van der Waals surface area (Å²) in [4.78, 5) is 24.3. The Morgan fingerprint density at radius 1 is 1.73 bits per heavy atom. The second-order valence-electron chi connectivity index (χ2n) is 3.90. The number of rotatable bonds is 5. The van der Waals surface area contributed by atoms with Crippen LogP contribution in [-0.2, 0) is 14.3 Å². The first kappa shape index (κ1) is 12.0. The van der Waals surface area contributed by atoms with Gasteiger partial charge in [0, 0.05) is 26.0 Å². The molecular weight excluding hydrogens is 196 g/mol. The molecule has 2 atom stereocenters. The second-order valence-corrected chi connectivity index (χ2v) is 3.90. The second kappa shape index (κ2) is 5.11. The highest BCUT2D eigenvalue weighted by Crippen LogP contribution is 2.21. The van der Waals surface area contributed by atoms with Crippen LogP contribution in [0.15, 0.2) is 0 Å². The Balaban J connectivity index is 2.63. The number of nitrogens with zero attached hydrogens (tertiary/aromatic N) is 1. The Morgan fingerprint density at radius 2 is 2.40 bits per heavy atom. The van der Waals surface area contributed by atoms with E-state index < -0.39 is 11.9 Å². The van der Waals surface area contributed by atoms with Gasteiger partial charge in [-0.2, -0.15) is 0 Å². The largest absolute Gasteiger partial charge is 0.384 e. The fraction of sp³-hybridized carbons (Fsp3) is 0.800. The summed E-state index contributed by atoms with van der Waals surface area (Å²) in [6.45, 7) is 2.98. The number of ether oxygens (including phenoxy) is 1. The molecule has 1 fully saturated rings. The fourth-order valence-corrected chi connectivity index (χ4v) is 2.03. The maximum atomic E-state index is 11.6. The number of likely N-dealkylation sites (tertiary alicyclic amines) is 1. The van der Waals surface area contributed by atoms with Gasteiger partial charge in [-0.3, -0.25) is 9.59 Å². The van der Waals surface area contributed by atoms with Gasteiger partial charge < -0.3 is 15.4 Å². The summed E-state index contributed by atoms with van der Waals surface area (Å²) in [6, 6.07) is -0.459. The van der Waals surface area contributed by atoms with Gasteiger partial charge in [0.25, 0.3) is 0 Å². The molecule has 1 rings (SSSR count). The van der Waals surface area contributed by atoms with Crippen molar-refractivity contribution in [1.82, 2.24) is 4.90 Å². The van der Waals surface area contributed by atoms with Gasteiger partial charge in [-0.15, -0.1) is 0 Å². The lowest BCUT2D eigenvalue weighted by Gasteiger charge is -2.24. The van der Waals surface area contributed by atoms with Crippen molar-refractivity contribution in [3.63, 3.8) is 0 Å². The van der Waals surface area contributed by atoms with Gasteiger partial charge in [0.05, 0.1) is 6.61 Å². The Hall–Kier alpha value is -1.10. The van der Waals surface area contributed by atoms with E-state index in [1.165, 1.54) is 0 Å². The van der Waals surface area contributed by atoms with Crippen LogP contribution in [-0.4, -0.2) is 43.0 Å². The van der Waals surface area contributed by atoms with Crippen LogP contribution in [0.25, 0.3) is 0 Å². The van der Waals surface area contributed by atoms with Gasteiger partial charge in [-0.1, -0.05) is 6.92 Å². The average Bonchev–Trinajstić information content (AvgIpc) is 2.49. The quantitative estimate of drug-likeness (QED) is 0.685. The van der Waals surface area contributed by atoms with Gasteiger partial charge in [0.1, 0.15) is 6.04 Å². The van der Waals surface area contributed by atoms with Crippen molar-refractivity contribution < 1.29 is 14.3 Å². The van der Waals surface area contributed by atoms with Crippen molar-refractivity contribution in [2.75, 3.05) is 20.3 Å². The molecule has 0 aromatic carbocycles. The zero-order chi connectivity index (χ0) is 11.4. The molecule has 1 aliphatic heterocycles. The Labute approximate surface area is 89.6 Å². The maximum Gasteiger partial charge on any atom is 0.240 e. The van der Waals surface area contributed by atoms with Gasteiger partial charge in [-0.25, -0.2) is 0 Å².